The van der Waals surface area contributed by atoms with Crippen molar-refractivity contribution in [1.82, 2.24) is 14.4 Å². The molecule has 1 aliphatic rings. The standard InChI is InChI=1S/C33H23ClN4O4S/c1-19-28(37-16-6-5-9-26(37)35-19)30(39)27-29(21-10-13-23(14-11-21)42-18-20-7-3-2-4-8-20)38(32(41)31(27)40)33-36-24-15-12-22(34)17-25(24)43-33/h2-17,29,39H,18H2,1H3/b30-27+. The van der Waals surface area contributed by atoms with Crippen molar-refractivity contribution in [2.75, 3.05) is 4.90 Å². The number of ketones is 1. The van der Waals surface area contributed by atoms with E-state index in [1.54, 1.807) is 72.1 Å². The van der Waals surface area contributed by atoms with Gasteiger partial charge in [-0.1, -0.05) is 71.5 Å². The molecular formula is C33H23ClN4O4S. The summed E-state index contributed by atoms with van der Waals surface area (Å²) in [6.45, 7) is 2.14. The van der Waals surface area contributed by atoms with Crippen LogP contribution in [0, 0.1) is 6.92 Å². The van der Waals surface area contributed by atoms with Gasteiger partial charge in [-0.15, -0.1) is 0 Å². The van der Waals surface area contributed by atoms with Gasteiger partial charge in [0.2, 0.25) is 0 Å². The summed E-state index contributed by atoms with van der Waals surface area (Å²) in [4.78, 5) is 38.0. The second kappa shape index (κ2) is 10.7. The first-order chi connectivity index (χ1) is 20.9. The Labute approximate surface area is 255 Å². The number of aliphatic hydroxyl groups excluding tert-OH is 1. The molecule has 1 fully saturated rings. The highest BCUT2D eigenvalue weighted by atomic mass is 35.5. The number of aromatic nitrogens is 3. The molecule has 0 aliphatic carbocycles. The number of fused-ring (bicyclic) bond motifs is 2. The number of imidazole rings is 1. The van der Waals surface area contributed by atoms with Gasteiger partial charge in [0.1, 0.15) is 23.7 Å². The van der Waals surface area contributed by atoms with E-state index >= 15 is 0 Å². The lowest BCUT2D eigenvalue weighted by Gasteiger charge is -2.23. The average molecular weight is 607 g/mol. The smallest absolute Gasteiger partial charge is 0.301 e. The summed E-state index contributed by atoms with van der Waals surface area (Å²) in [7, 11) is 0. The van der Waals surface area contributed by atoms with Crippen molar-refractivity contribution in [2.45, 2.75) is 19.6 Å². The first kappa shape index (κ1) is 26.9. The Kier molecular flexibility index (Phi) is 6.68. The number of thiazole rings is 1. The molecule has 10 heteroatoms. The third-order valence-corrected chi connectivity index (χ3v) is 8.61. The molecule has 1 aliphatic heterocycles. The first-order valence-corrected chi connectivity index (χ1v) is 14.7. The van der Waals surface area contributed by atoms with E-state index in [1.807, 2.05) is 36.4 Å². The number of ether oxygens (including phenoxy) is 1. The molecule has 0 bridgehead atoms. The van der Waals surface area contributed by atoms with E-state index in [0.29, 0.717) is 50.6 Å². The summed E-state index contributed by atoms with van der Waals surface area (Å²) in [6, 6.07) is 26.7. The zero-order valence-corrected chi connectivity index (χ0v) is 24.3. The number of nitrogens with zero attached hydrogens (tertiary/aromatic N) is 4. The number of aliphatic hydroxyl groups is 1. The summed E-state index contributed by atoms with van der Waals surface area (Å²) in [5.41, 5.74) is 3.71. The van der Waals surface area contributed by atoms with Crippen LogP contribution in [-0.4, -0.2) is 31.2 Å². The second-order valence-corrected chi connectivity index (χ2v) is 11.5. The molecule has 6 aromatic rings. The number of benzene rings is 3. The Hall–Kier alpha value is -4.99. The number of amides is 1. The predicted octanol–water partition coefficient (Wildman–Crippen LogP) is 7.11. The number of halogens is 1. The minimum absolute atomic E-state index is 0.0472. The third-order valence-electron chi connectivity index (χ3n) is 7.36. The van der Waals surface area contributed by atoms with Gasteiger partial charge in [0.15, 0.2) is 10.9 Å². The summed E-state index contributed by atoms with van der Waals surface area (Å²) in [5.74, 6) is -1.28. The highest BCUT2D eigenvalue weighted by Crippen LogP contribution is 2.45. The van der Waals surface area contributed by atoms with Crippen LogP contribution in [0.1, 0.15) is 28.6 Å². The molecular weight excluding hydrogens is 584 g/mol. The predicted molar refractivity (Wildman–Crippen MR) is 167 cm³/mol. The highest BCUT2D eigenvalue weighted by Gasteiger charge is 2.48. The number of pyridine rings is 1. The largest absolute Gasteiger partial charge is 0.505 e. The Balaban J connectivity index is 1.36. The van der Waals surface area contributed by atoms with Crippen LogP contribution in [0.25, 0.3) is 21.6 Å². The van der Waals surface area contributed by atoms with E-state index in [2.05, 4.69) is 9.97 Å². The number of rotatable bonds is 6. The van der Waals surface area contributed by atoms with E-state index < -0.39 is 17.7 Å². The monoisotopic (exact) mass is 606 g/mol. The number of hydrogen-bond acceptors (Lipinski definition) is 7. The van der Waals surface area contributed by atoms with Gasteiger partial charge in [-0.25, -0.2) is 9.97 Å². The molecule has 3 aromatic heterocycles. The fourth-order valence-corrected chi connectivity index (χ4v) is 6.62. The lowest BCUT2D eigenvalue weighted by molar-refractivity contribution is -0.132. The minimum Gasteiger partial charge on any atom is -0.505 e. The molecule has 0 spiro atoms. The molecule has 1 unspecified atom stereocenters. The molecule has 0 radical (unpaired) electrons. The van der Waals surface area contributed by atoms with E-state index in [4.69, 9.17) is 16.3 Å². The minimum atomic E-state index is -0.951. The number of anilines is 1. The van der Waals surface area contributed by atoms with Crippen molar-refractivity contribution in [3.8, 4) is 5.75 Å². The van der Waals surface area contributed by atoms with Crippen molar-refractivity contribution in [1.29, 1.82) is 0 Å². The number of Topliss-reactive ketones (excluding diaryl/α,β-unsaturated/α-hetero) is 1. The zero-order valence-electron chi connectivity index (χ0n) is 22.8. The summed E-state index contributed by atoms with van der Waals surface area (Å²) >= 11 is 7.46. The van der Waals surface area contributed by atoms with Crippen LogP contribution in [0.2, 0.25) is 5.02 Å². The van der Waals surface area contributed by atoms with E-state index in [1.165, 1.54) is 16.2 Å². The molecule has 1 atom stereocenters. The molecule has 43 heavy (non-hydrogen) atoms. The molecule has 1 saturated heterocycles. The van der Waals surface area contributed by atoms with Crippen LogP contribution in [0.3, 0.4) is 0 Å². The van der Waals surface area contributed by atoms with Crippen LogP contribution >= 0.6 is 22.9 Å². The Morgan fingerprint density at radius 1 is 0.977 bits per heavy atom. The third kappa shape index (κ3) is 4.72. The van der Waals surface area contributed by atoms with Gasteiger partial charge in [-0.3, -0.25) is 18.9 Å². The van der Waals surface area contributed by atoms with Gasteiger partial charge in [-0.2, -0.15) is 0 Å². The van der Waals surface area contributed by atoms with Crippen LogP contribution in [0.5, 0.6) is 5.75 Å². The second-order valence-electron chi connectivity index (χ2n) is 10.1. The maximum absolute atomic E-state index is 13.7. The molecule has 7 rings (SSSR count). The van der Waals surface area contributed by atoms with Crippen LogP contribution in [0.15, 0.2) is 103 Å². The van der Waals surface area contributed by atoms with Gasteiger partial charge >= 0.3 is 5.91 Å². The van der Waals surface area contributed by atoms with Crippen molar-refractivity contribution in [3.63, 3.8) is 0 Å². The molecule has 0 saturated carbocycles. The Morgan fingerprint density at radius 3 is 2.53 bits per heavy atom. The number of carbonyl (C=O) groups is 2. The number of hydrogen-bond donors (Lipinski definition) is 1. The molecule has 1 amide bonds. The van der Waals surface area contributed by atoms with Crippen LogP contribution < -0.4 is 9.64 Å². The van der Waals surface area contributed by atoms with Crippen LogP contribution in [0.4, 0.5) is 5.13 Å². The number of carbonyl (C=O) groups excluding carboxylic acids is 2. The van der Waals surface area contributed by atoms with E-state index in [0.717, 1.165) is 10.3 Å². The normalized spacial score (nSPS) is 16.4. The molecule has 3 aromatic carbocycles. The van der Waals surface area contributed by atoms with Gasteiger partial charge in [0.25, 0.3) is 5.78 Å². The molecule has 212 valence electrons. The fourth-order valence-electron chi connectivity index (χ4n) is 5.35. The first-order valence-electron chi connectivity index (χ1n) is 13.5. The van der Waals surface area contributed by atoms with E-state index in [-0.39, 0.29) is 11.3 Å². The zero-order chi connectivity index (χ0) is 29.7. The Morgan fingerprint density at radius 2 is 1.74 bits per heavy atom. The van der Waals surface area contributed by atoms with Gasteiger partial charge < -0.3 is 9.84 Å². The maximum Gasteiger partial charge on any atom is 0.301 e. The summed E-state index contributed by atoms with van der Waals surface area (Å²) in [6.07, 6.45) is 1.76. The van der Waals surface area contributed by atoms with Crippen LogP contribution in [-0.2, 0) is 16.2 Å². The summed E-state index contributed by atoms with van der Waals surface area (Å²) in [5, 5.41) is 12.6. The topological polar surface area (TPSA) is 97.0 Å². The SMILES string of the molecule is Cc1nc2ccccn2c1/C(O)=C1\C(=O)C(=O)N(c2nc3ccc(Cl)cc3s2)C1c1ccc(OCc2ccccc2)cc1. The molecule has 4 heterocycles. The van der Waals surface area contributed by atoms with Gasteiger partial charge in [0.05, 0.1) is 27.5 Å². The maximum atomic E-state index is 13.7. The quantitative estimate of drug-likeness (QED) is 0.123. The fraction of sp³-hybridized carbons (Fsp3) is 0.0909. The lowest BCUT2D eigenvalue weighted by Crippen LogP contribution is -2.29. The van der Waals surface area contributed by atoms with Crippen molar-refractivity contribution in [2.24, 2.45) is 0 Å². The van der Waals surface area contributed by atoms with Crippen molar-refractivity contribution in [3.05, 3.63) is 130 Å². The summed E-state index contributed by atoms with van der Waals surface area (Å²) < 4.78 is 8.44. The molecule has 1 N–H and O–H groups in total. The van der Waals surface area contributed by atoms with Gasteiger partial charge in [0, 0.05) is 11.2 Å². The Bertz CT molecular complexity index is 2070. The lowest BCUT2D eigenvalue weighted by atomic mass is 9.96. The number of aryl methyl sites for hydroxylation is 1. The van der Waals surface area contributed by atoms with Crippen molar-refractivity contribution < 1.29 is 19.4 Å². The highest BCUT2D eigenvalue weighted by molar-refractivity contribution is 7.22. The average Bonchev–Trinajstić information content (AvgIpc) is 3.67. The van der Waals surface area contributed by atoms with Gasteiger partial charge in [-0.05, 0) is 60.5 Å². The van der Waals surface area contributed by atoms with Crippen molar-refractivity contribution >= 4 is 61.4 Å². The van der Waals surface area contributed by atoms with E-state index in [9.17, 15) is 14.7 Å². The molecule has 8 nitrogen and oxygen atoms in total.